The number of hydrogen-bond acceptors (Lipinski definition) is 3. The van der Waals surface area contributed by atoms with E-state index in [-0.39, 0.29) is 17.7 Å². The lowest BCUT2D eigenvalue weighted by Crippen LogP contribution is -2.34. The molecule has 0 bridgehead atoms. The summed E-state index contributed by atoms with van der Waals surface area (Å²) in [6.45, 7) is 5.57. The van der Waals surface area contributed by atoms with Crippen LogP contribution in [-0.4, -0.2) is 42.9 Å². The molecular formula is C12H22N3O2. The normalized spacial score (nSPS) is 17.9. The molecule has 1 aliphatic rings. The third kappa shape index (κ3) is 5.68. The second-order valence-electron chi connectivity index (χ2n) is 4.58. The molecule has 0 aliphatic carbocycles. The summed E-state index contributed by atoms with van der Waals surface area (Å²) in [5.74, 6) is -0.761. The van der Waals surface area contributed by atoms with Crippen molar-refractivity contribution in [2.45, 2.75) is 26.2 Å². The van der Waals surface area contributed by atoms with E-state index in [0.29, 0.717) is 13.0 Å². The van der Waals surface area contributed by atoms with Crippen molar-refractivity contribution in [2.24, 2.45) is 11.7 Å². The summed E-state index contributed by atoms with van der Waals surface area (Å²) in [7, 11) is 0. The Hall–Kier alpha value is -1.10. The fourth-order valence-electron chi connectivity index (χ4n) is 1.82. The van der Waals surface area contributed by atoms with Crippen molar-refractivity contribution >= 4 is 11.8 Å². The van der Waals surface area contributed by atoms with Crippen molar-refractivity contribution in [1.82, 2.24) is 10.2 Å². The number of nitrogens with zero attached hydrogens (tertiary/aromatic N) is 1. The van der Waals surface area contributed by atoms with Crippen LogP contribution in [0.3, 0.4) is 0 Å². The van der Waals surface area contributed by atoms with Crippen LogP contribution in [0.4, 0.5) is 0 Å². The van der Waals surface area contributed by atoms with Gasteiger partial charge >= 0.3 is 0 Å². The second kappa shape index (κ2) is 7.27. The lowest BCUT2D eigenvalue weighted by molar-refractivity contribution is -0.121. The van der Waals surface area contributed by atoms with E-state index in [0.717, 1.165) is 19.6 Å². The summed E-state index contributed by atoms with van der Waals surface area (Å²) < 4.78 is 0. The van der Waals surface area contributed by atoms with E-state index in [1.165, 1.54) is 19.3 Å². The zero-order chi connectivity index (χ0) is 12.7. The summed E-state index contributed by atoms with van der Waals surface area (Å²) in [4.78, 5) is 24.5. The zero-order valence-electron chi connectivity index (χ0n) is 10.4. The van der Waals surface area contributed by atoms with Crippen LogP contribution in [0.2, 0.25) is 0 Å². The van der Waals surface area contributed by atoms with Gasteiger partial charge in [0.15, 0.2) is 0 Å². The first kappa shape index (κ1) is 14.0. The molecule has 97 valence electrons. The standard InChI is InChI=1S/C12H22N3O2/c1-10(12(13)17)4-5-11(16)14-6-9-15-7-2-3-8-15/h5,10H,2-4,6-9H2,1H3,(H2,13,17)(H,14,16)/t10-/m0/s1. The van der Waals surface area contributed by atoms with Crippen LogP contribution in [0.25, 0.3) is 0 Å². The quantitative estimate of drug-likeness (QED) is 0.653. The molecule has 1 heterocycles. The highest BCUT2D eigenvalue weighted by Gasteiger charge is 2.13. The predicted molar refractivity (Wildman–Crippen MR) is 66.0 cm³/mol. The van der Waals surface area contributed by atoms with E-state index >= 15 is 0 Å². The predicted octanol–water partition coefficient (Wildman–Crippen LogP) is -0.0858. The van der Waals surface area contributed by atoms with Crippen molar-refractivity contribution in [2.75, 3.05) is 26.2 Å². The molecule has 0 aromatic carbocycles. The van der Waals surface area contributed by atoms with Crippen molar-refractivity contribution in [3.8, 4) is 0 Å². The number of nitrogens with one attached hydrogen (secondary N) is 1. The highest BCUT2D eigenvalue weighted by Crippen LogP contribution is 2.06. The molecule has 2 amide bonds. The van der Waals surface area contributed by atoms with Crippen molar-refractivity contribution < 1.29 is 9.59 Å². The van der Waals surface area contributed by atoms with Gasteiger partial charge < -0.3 is 16.0 Å². The summed E-state index contributed by atoms with van der Waals surface area (Å²) in [6, 6.07) is 0. The first-order valence-corrected chi connectivity index (χ1v) is 6.22. The molecule has 5 heteroatoms. The maximum absolute atomic E-state index is 11.4. The average molecular weight is 240 g/mol. The first-order chi connectivity index (χ1) is 8.09. The highest BCUT2D eigenvalue weighted by molar-refractivity contribution is 5.85. The van der Waals surface area contributed by atoms with Gasteiger partial charge in [-0.1, -0.05) is 6.92 Å². The molecule has 17 heavy (non-hydrogen) atoms. The molecule has 1 saturated heterocycles. The van der Waals surface area contributed by atoms with E-state index in [2.05, 4.69) is 10.2 Å². The van der Waals surface area contributed by atoms with Crippen LogP contribution in [0.15, 0.2) is 0 Å². The van der Waals surface area contributed by atoms with Gasteiger partial charge in [0, 0.05) is 19.0 Å². The molecule has 1 atom stereocenters. The Bertz CT molecular complexity index is 262. The Morgan fingerprint density at radius 3 is 2.65 bits per heavy atom. The number of carbonyl (C=O) groups excluding carboxylic acids is 2. The lowest BCUT2D eigenvalue weighted by Gasteiger charge is -2.14. The minimum Gasteiger partial charge on any atom is -0.369 e. The van der Waals surface area contributed by atoms with E-state index in [1.807, 2.05) is 0 Å². The van der Waals surface area contributed by atoms with Crippen molar-refractivity contribution in [1.29, 1.82) is 0 Å². The van der Waals surface area contributed by atoms with Gasteiger partial charge in [-0.15, -0.1) is 0 Å². The summed E-state index contributed by atoms with van der Waals surface area (Å²) in [5, 5.41) is 2.82. The molecule has 1 fully saturated rings. The highest BCUT2D eigenvalue weighted by atomic mass is 16.2. The molecule has 1 aliphatic heterocycles. The van der Waals surface area contributed by atoms with Crippen LogP contribution < -0.4 is 11.1 Å². The molecule has 0 saturated carbocycles. The molecule has 0 aromatic heterocycles. The van der Waals surface area contributed by atoms with Gasteiger partial charge in [0.1, 0.15) is 0 Å². The SMILES string of the molecule is C[C@@H](C[CH]C(=O)NCCN1CCCC1)C(N)=O. The number of amides is 2. The fourth-order valence-corrected chi connectivity index (χ4v) is 1.82. The molecule has 3 N–H and O–H groups in total. The topological polar surface area (TPSA) is 75.4 Å². The van der Waals surface area contributed by atoms with Gasteiger partial charge in [0.25, 0.3) is 0 Å². The van der Waals surface area contributed by atoms with Gasteiger partial charge in [-0.25, -0.2) is 0 Å². The Labute approximate surface area is 103 Å². The molecular weight excluding hydrogens is 218 g/mol. The van der Waals surface area contributed by atoms with E-state index < -0.39 is 0 Å². The van der Waals surface area contributed by atoms with Crippen molar-refractivity contribution in [3.05, 3.63) is 6.42 Å². The van der Waals surface area contributed by atoms with Crippen LogP contribution in [0.1, 0.15) is 26.2 Å². The first-order valence-electron chi connectivity index (χ1n) is 6.22. The number of carbonyl (C=O) groups is 2. The molecule has 0 unspecified atom stereocenters. The minimum absolute atomic E-state index is 0.114. The summed E-state index contributed by atoms with van der Waals surface area (Å²) in [5.41, 5.74) is 5.11. The Kier molecular flexibility index (Phi) is 5.97. The number of likely N-dealkylation sites (tertiary alicyclic amines) is 1. The Balaban J connectivity index is 2.02. The number of rotatable bonds is 7. The maximum Gasteiger partial charge on any atom is 0.223 e. The summed E-state index contributed by atoms with van der Waals surface area (Å²) in [6.07, 6.45) is 4.43. The van der Waals surface area contributed by atoms with Crippen LogP contribution in [-0.2, 0) is 9.59 Å². The maximum atomic E-state index is 11.4. The van der Waals surface area contributed by atoms with Gasteiger partial charge in [-0.05, 0) is 32.4 Å². The van der Waals surface area contributed by atoms with E-state index in [4.69, 9.17) is 5.73 Å². The van der Waals surface area contributed by atoms with Crippen LogP contribution >= 0.6 is 0 Å². The lowest BCUT2D eigenvalue weighted by atomic mass is 10.1. The Morgan fingerprint density at radius 2 is 2.06 bits per heavy atom. The monoisotopic (exact) mass is 240 g/mol. The molecule has 1 radical (unpaired) electrons. The third-order valence-corrected chi connectivity index (χ3v) is 3.07. The molecule has 5 nitrogen and oxygen atoms in total. The van der Waals surface area contributed by atoms with E-state index in [1.54, 1.807) is 6.92 Å². The average Bonchev–Trinajstić information content (AvgIpc) is 2.78. The van der Waals surface area contributed by atoms with E-state index in [9.17, 15) is 9.59 Å². The van der Waals surface area contributed by atoms with Crippen LogP contribution in [0, 0.1) is 12.3 Å². The molecule has 0 spiro atoms. The van der Waals surface area contributed by atoms with Crippen molar-refractivity contribution in [3.63, 3.8) is 0 Å². The second-order valence-corrected chi connectivity index (χ2v) is 4.58. The number of nitrogens with two attached hydrogens (primary N) is 1. The smallest absolute Gasteiger partial charge is 0.223 e. The largest absolute Gasteiger partial charge is 0.369 e. The fraction of sp³-hybridized carbons (Fsp3) is 0.750. The summed E-state index contributed by atoms with van der Waals surface area (Å²) >= 11 is 0. The van der Waals surface area contributed by atoms with Gasteiger partial charge in [0.2, 0.25) is 11.8 Å². The number of primary amides is 1. The van der Waals surface area contributed by atoms with Gasteiger partial charge in [-0.3, -0.25) is 9.59 Å². The third-order valence-electron chi connectivity index (χ3n) is 3.07. The molecule has 1 rings (SSSR count). The van der Waals surface area contributed by atoms with Gasteiger partial charge in [-0.2, -0.15) is 0 Å². The van der Waals surface area contributed by atoms with Crippen LogP contribution in [0.5, 0.6) is 0 Å². The Morgan fingerprint density at radius 1 is 1.41 bits per heavy atom. The molecule has 0 aromatic rings. The minimum atomic E-state index is -0.369. The zero-order valence-corrected chi connectivity index (χ0v) is 10.4. The number of hydrogen-bond donors (Lipinski definition) is 2. The van der Waals surface area contributed by atoms with Gasteiger partial charge in [0.05, 0.1) is 6.42 Å².